The molecule has 10 nitrogen and oxygen atoms in total. The molecule has 0 bridgehead atoms. The molecule has 0 saturated carbocycles. The highest BCUT2D eigenvalue weighted by atomic mass is 15.2. The molecule has 0 saturated heterocycles. The van der Waals surface area contributed by atoms with E-state index in [1.807, 2.05) is 78.2 Å². The van der Waals surface area contributed by atoms with Gasteiger partial charge in [-0.2, -0.15) is 10.2 Å². The predicted molar refractivity (Wildman–Crippen MR) is 272 cm³/mol. The zero-order valence-electron chi connectivity index (χ0n) is 41.3. The second-order valence-electron chi connectivity index (χ2n) is 21.8. The third-order valence-electron chi connectivity index (χ3n) is 11.3. The Hall–Kier alpha value is -6.55. The maximum Gasteiger partial charge on any atom is 0.158 e. The smallest absolute Gasteiger partial charge is 0.158 e. The molecule has 65 heavy (non-hydrogen) atoms. The molecule has 0 aliphatic heterocycles. The van der Waals surface area contributed by atoms with Crippen LogP contribution in [0.5, 0.6) is 0 Å². The minimum Gasteiger partial charge on any atom is -0.361 e. The number of hydrogen-bond donors (Lipinski definition) is 3. The van der Waals surface area contributed by atoms with Gasteiger partial charge in [0.05, 0.1) is 17.9 Å². The topological polar surface area (TPSA) is 121 Å². The first-order valence-corrected chi connectivity index (χ1v) is 22.6. The van der Waals surface area contributed by atoms with Crippen LogP contribution in [0.2, 0.25) is 0 Å². The first-order chi connectivity index (χ1) is 30.4. The van der Waals surface area contributed by atoms with Crippen LogP contribution >= 0.6 is 0 Å². The van der Waals surface area contributed by atoms with Crippen LogP contribution in [-0.4, -0.2) is 49.1 Å². The molecular formula is C55H70N10. The van der Waals surface area contributed by atoms with Gasteiger partial charge in [-0.15, -0.1) is 0 Å². The van der Waals surface area contributed by atoms with Crippen molar-refractivity contribution in [3.8, 4) is 0 Å². The standard InChI is InChI=1S/C12H15N.3C11H14N2.C10H13N3/c1-12(2,3)10-8-13-11-7-5-4-6-9(10)11;1-11(2,3)9-7-13-10-4-5-12-6-8(9)10;1-11(2,3)9-7-13-10-8(9)5-4-6-12-10;1-11(2,3)9-8-12-13-7-5-4-6-10(9)13;1-10(2,3)8-7-12-13-6-4-5-11-9(8)13/h4-8,13H,1-3H3;4-7,13H,1-3H3;4-7H,1-3H3,(H,12,13);4-8H,1-3H3;4-7H,1-3H3. The first kappa shape index (κ1) is 47.9. The zero-order chi connectivity index (χ0) is 47.4. The van der Waals surface area contributed by atoms with Crippen molar-refractivity contribution in [3.63, 3.8) is 0 Å². The van der Waals surface area contributed by atoms with E-state index >= 15 is 0 Å². The molecule has 9 aromatic heterocycles. The molecule has 0 aliphatic carbocycles. The molecule has 0 radical (unpaired) electrons. The van der Waals surface area contributed by atoms with Gasteiger partial charge >= 0.3 is 0 Å². The number of fused-ring (bicyclic) bond motifs is 5. The van der Waals surface area contributed by atoms with E-state index in [1.165, 1.54) is 60.5 Å². The van der Waals surface area contributed by atoms with E-state index in [9.17, 15) is 0 Å². The number of para-hydroxylation sites is 1. The Morgan fingerprint density at radius 1 is 0.400 bits per heavy atom. The summed E-state index contributed by atoms with van der Waals surface area (Å²) in [5, 5.41) is 12.3. The summed E-state index contributed by atoms with van der Waals surface area (Å²) in [6, 6.07) is 22.6. The van der Waals surface area contributed by atoms with Crippen molar-refractivity contribution in [1.82, 2.24) is 49.1 Å². The van der Waals surface area contributed by atoms with E-state index in [2.05, 4.69) is 199 Å². The highest BCUT2D eigenvalue weighted by molar-refractivity contribution is 5.84. The fourth-order valence-corrected chi connectivity index (χ4v) is 7.72. The highest BCUT2D eigenvalue weighted by Crippen LogP contribution is 2.32. The fourth-order valence-electron chi connectivity index (χ4n) is 7.72. The average Bonchev–Trinajstić information content (AvgIpc) is 4.08. The van der Waals surface area contributed by atoms with Crippen molar-refractivity contribution in [2.24, 2.45) is 0 Å². The van der Waals surface area contributed by atoms with Crippen LogP contribution in [0.3, 0.4) is 0 Å². The molecule has 9 heterocycles. The molecule has 10 heteroatoms. The maximum absolute atomic E-state index is 4.31. The summed E-state index contributed by atoms with van der Waals surface area (Å²) in [5.74, 6) is 0. The monoisotopic (exact) mass is 871 g/mol. The van der Waals surface area contributed by atoms with Crippen molar-refractivity contribution in [2.75, 3.05) is 0 Å². The number of hydrogen-bond acceptors (Lipinski definition) is 5. The predicted octanol–water partition coefficient (Wildman–Crippen LogP) is 13.8. The lowest BCUT2D eigenvalue weighted by molar-refractivity contribution is 0.594. The number of H-pyrrole nitrogens is 3. The van der Waals surface area contributed by atoms with Gasteiger partial charge in [0, 0.05) is 94.1 Å². The third-order valence-corrected chi connectivity index (χ3v) is 11.3. The van der Waals surface area contributed by atoms with Gasteiger partial charge in [0.1, 0.15) is 5.65 Å². The van der Waals surface area contributed by atoms with Crippen LogP contribution in [0, 0.1) is 0 Å². The van der Waals surface area contributed by atoms with Crippen LogP contribution in [0.1, 0.15) is 132 Å². The van der Waals surface area contributed by atoms with Crippen LogP contribution < -0.4 is 0 Å². The van der Waals surface area contributed by atoms with E-state index in [0.717, 1.165) is 11.3 Å². The van der Waals surface area contributed by atoms with Crippen LogP contribution in [0.15, 0.2) is 135 Å². The normalized spacial score (nSPS) is 12.2. The molecule has 0 atom stereocenters. The van der Waals surface area contributed by atoms with Crippen molar-refractivity contribution in [1.29, 1.82) is 0 Å². The van der Waals surface area contributed by atoms with Gasteiger partial charge in [-0.05, 0) is 86.2 Å². The number of benzene rings is 1. The molecule has 0 amide bonds. The largest absolute Gasteiger partial charge is 0.361 e. The van der Waals surface area contributed by atoms with Gasteiger partial charge in [-0.25, -0.2) is 19.0 Å². The Morgan fingerprint density at radius 3 is 1.57 bits per heavy atom. The first-order valence-electron chi connectivity index (χ1n) is 22.6. The number of nitrogens with one attached hydrogen (secondary N) is 3. The summed E-state index contributed by atoms with van der Waals surface area (Å²) >= 11 is 0. The molecule has 340 valence electrons. The van der Waals surface area contributed by atoms with Crippen molar-refractivity contribution in [2.45, 2.75) is 131 Å². The van der Waals surface area contributed by atoms with Gasteiger partial charge in [0.2, 0.25) is 0 Å². The SMILES string of the molecule is CC(C)(C)c1c[nH]c2ccccc12.CC(C)(C)c1c[nH]c2ccncc12.CC(C)(C)c1c[nH]c2ncccc12.CC(C)(C)c1cnn2ccccc12.CC(C)(C)c1cnn2cccnc12. The second kappa shape index (κ2) is 18.9. The fraction of sp³-hybridized carbons (Fsp3) is 0.364. The van der Waals surface area contributed by atoms with Gasteiger partial charge in [0.15, 0.2) is 5.65 Å². The molecule has 10 aromatic rings. The maximum atomic E-state index is 4.31. The number of pyridine rings is 3. The lowest BCUT2D eigenvalue weighted by Gasteiger charge is -2.17. The Balaban J connectivity index is 0.000000135. The molecule has 0 spiro atoms. The molecular weight excluding hydrogens is 801 g/mol. The molecule has 1 aromatic carbocycles. The lowest BCUT2D eigenvalue weighted by atomic mass is 9.87. The number of aromatic amines is 3. The summed E-state index contributed by atoms with van der Waals surface area (Å²) in [5.41, 5.74) is 12.9. The van der Waals surface area contributed by atoms with E-state index in [-0.39, 0.29) is 27.1 Å². The minimum atomic E-state index is 0.107. The highest BCUT2D eigenvalue weighted by Gasteiger charge is 2.21. The molecule has 0 aliphatic rings. The molecule has 3 N–H and O–H groups in total. The Labute approximate surface area is 385 Å². The van der Waals surface area contributed by atoms with E-state index < -0.39 is 0 Å². The zero-order valence-corrected chi connectivity index (χ0v) is 41.3. The third kappa shape index (κ3) is 11.6. The number of rotatable bonds is 0. The number of aromatic nitrogens is 10. The molecule has 0 fully saturated rings. The van der Waals surface area contributed by atoms with Gasteiger partial charge in [-0.1, -0.05) is 128 Å². The van der Waals surface area contributed by atoms with Gasteiger partial charge in [0.25, 0.3) is 0 Å². The summed E-state index contributed by atoms with van der Waals surface area (Å²) in [6.07, 6.45) is 21.3. The van der Waals surface area contributed by atoms with Crippen molar-refractivity contribution >= 4 is 44.0 Å². The van der Waals surface area contributed by atoms with Gasteiger partial charge < -0.3 is 15.0 Å². The Kier molecular flexibility index (Phi) is 13.9. The summed E-state index contributed by atoms with van der Waals surface area (Å²) < 4.78 is 3.72. The Bertz CT molecular complexity index is 2590. The summed E-state index contributed by atoms with van der Waals surface area (Å²) in [4.78, 5) is 22.4. The quantitative estimate of drug-likeness (QED) is 0.140. The average molecular weight is 871 g/mol. The summed E-state index contributed by atoms with van der Waals surface area (Å²) in [7, 11) is 0. The van der Waals surface area contributed by atoms with Crippen LogP contribution in [0.25, 0.3) is 44.0 Å². The second-order valence-corrected chi connectivity index (χ2v) is 21.8. The van der Waals surface area contributed by atoms with Gasteiger partial charge in [-0.3, -0.25) is 4.98 Å². The van der Waals surface area contributed by atoms with Crippen LogP contribution in [0.4, 0.5) is 0 Å². The van der Waals surface area contributed by atoms with E-state index in [0.29, 0.717) is 0 Å². The Morgan fingerprint density at radius 2 is 0.908 bits per heavy atom. The summed E-state index contributed by atoms with van der Waals surface area (Å²) in [6.45, 7) is 33.1. The lowest BCUT2D eigenvalue weighted by Crippen LogP contribution is -2.10. The van der Waals surface area contributed by atoms with E-state index in [4.69, 9.17) is 0 Å². The molecule has 10 rings (SSSR count). The van der Waals surface area contributed by atoms with E-state index in [1.54, 1.807) is 10.7 Å². The number of nitrogens with zero attached hydrogens (tertiary/aromatic N) is 7. The van der Waals surface area contributed by atoms with Crippen LogP contribution in [-0.2, 0) is 27.1 Å². The molecule has 0 unspecified atom stereocenters. The van der Waals surface area contributed by atoms with Crippen molar-refractivity contribution in [3.05, 3.63) is 163 Å². The minimum absolute atomic E-state index is 0.107. The van der Waals surface area contributed by atoms with Crippen molar-refractivity contribution < 1.29 is 0 Å².